The molecule has 3 aromatic rings. The molecule has 44 heavy (non-hydrogen) atoms. The van der Waals surface area contributed by atoms with Gasteiger partial charge in [0.2, 0.25) is 5.91 Å². The number of aromatic nitrogens is 3. The molecule has 0 aliphatic heterocycles. The molecule has 2 heterocycles. The number of benzene rings is 1. The Labute approximate surface area is 262 Å². The Hall–Kier alpha value is -3.53. The van der Waals surface area contributed by atoms with Crippen molar-refractivity contribution in [3.8, 4) is 11.1 Å². The zero-order valence-electron chi connectivity index (χ0n) is 28.2. The molecule has 1 aliphatic carbocycles. The van der Waals surface area contributed by atoms with E-state index >= 15 is 0 Å². The van der Waals surface area contributed by atoms with E-state index in [1.54, 1.807) is 32.7 Å². The van der Waals surface area contributed by atoms with E-state index in [1.165, 1.54) is 11.0 Å². The molecule has 0 radical (unpaired) electrons. The van der Waals surface area contributed by atoms with Crippen LogP contribution in [0.2, 0.25) is 0 Å². The van der Waals surface area contributed by atoms with Gasteiger partial charge in [0.05, 0.1) is 11.8 Å². The van der Waals surface area contributed by atoms with E-state index in [9.17, 15) is 14.0 Å². The summed E-state index contributed by atoms with van der Waals surface area (Å²) < 4.78 is 16.8. The van der Waals surface area contributed by atoms with Crippen molar-refractivity contribution >= 4 is 28.8 Å². The van der Waals surface area contributed by atoms with E-state index in [4.69, 9.17) is 0 Å². The number of halogens is 1. The number of carbonyl (C=O) groups excluding carboxylic acids is 2. The average Bonchev–Trinajstić information content (AvgIpc) is 3.39. The fourth-order valence-electron chi connectivity index (χ4n) is 5.98. The zero-order valence-corrected chi connectivity index (χ0v) is 28.2. The summed E-state index contributed by atoms with van der Waals surface area (Å²) in [5, 5.41) is 5.92. The summed E-state index contributed by atoms with van der Waals surface area (Å²) in [6.07, 6.45) is 6.42. The molecule has 0 bridgehead atoms. The number of hydrogen-bond donors (Lipinski definition) is 2. The van der Waals surface area contributed by atoms with E-state index in [-0.39, 0.29) is 35.8 Å². The SMILES string of the molecule is CCN(C(C)C)C(C)C.Cc1cnc(NC(=O)[C@H]2CCC[C@@H](NC(=O)N(C)C)C2)cc1-c1cc(F)c2ncn(C(C)C)c2c1. The number of carbonyl (C=O) groups is 2. The molecule has 1 aromatic carbocycles. The molecular weight excluding hydrogens is 557 g/mol. The van der Waals surface area contributed by atoms with E-state index in [0.29, 0.717) is 35.4 Å². The number of anilines is 1. The summed E-state index contributed by atoms with van der Waals surface area (Å²) in [7, 11) is 3.40. The van der Waals surface area contributed by atoms with Gasteiger partial charge in [0.25, 0.3) is 0 Å². The third kappa shape index (κ3) is 8.77. The number of imidazole rings is 1. The van der Waals surface area contributed by atoms with Crippen LogP contribution in [0.3, 0.4) is 0 Å². The molecular formula is C34H52FN7O2. The molecule has 2 aromatic heterocycles. The third-order valence-electron chi connectivity index (χ3n) is 8.32. The van der Waals surface area contributed by atoms with Crippen molar-refractivity contribution in [3.63, 3.8) is 0 Å². The smallest absolute Gasteiger partial charge is 0.317 e. The van der Waals surface area contributed by atoms with Crippen LogP contribution in [-0.2, 0) is 4.79 Å². The second kappa shape index (κ2) is 15.5. The van der Waals surface area contributed by atoms with Gasteiger partial charge in [0.15, 0.2) is 5.82 Å². The van der Waals surface area contributed by atoms with Gasteiger partial charge >= 0.3 is 6.03 Å². The predicted octanol–water partition coefficient (Wildman–Crippen LogP) is 7.02. The fraction of sp³-hybridized carbons (Fsp3) is 0.588. The first-order valence-corrected chi connectivity index (χ1v) is 15.9. The Kier molecular flexibility index (Phi) is 12.3. The van der Waals surface area contributed by atoms with E-state index in [0.717, 1.165) is 42.5 Å². The van der Waals surface area contributed by atoms with Crippen LogP contribution in [-0.4, -0.2) is 75.0 Å². The van der Waals surface area contributed by atoms with Crippen molar-refractivity contribution in [1.82, 2.24) is 29.7 Å². The number of pyridine rings is 1. The number of amides is 3. The van der Waals surface area contributed by atoms with Gasteiger partial charge in [-0.05, 0) is 109 Å². The van der Waals surface area contributed by atoms with Crippen LogP contribution in [0.15, 0.2) is 30.7 Å². The highest BCUT2D eigenvalue weighted by molar-refractivity contribution is 5.93. The molecule has 10 heteroatoms. The van der Waals surface area contributed by atoms with E-state index < -0.39 is 0 Å². The highest BCUT2D eigenvalue weighted by Gasteiger charge is 2.29. The molecule has 2 N–H and O–H groups in total. The van der Waals surface area contributed by atoms with Crippen molar-refractivity contribution in [3.05, 3.63) is 42.1 Å². The Bertz CT molecular complexity index is 1410. The molecule has 3 amide bonds. The molecule has 0 unspecified atom stereocenters. The monoisotopic (exact) mass is 609 g/mol. The van der Waals surface area contributed by atoms with Crippen LogP contribution in [0.4, 0.5) is 15.0 Å². The minimum absolute atomic E-state index is 0.0311. The maximum Gasteiger partial charge on any atom is 0.317 e. The second-order valence-corrected chi connectivity index (χ2v) is 12.9. The van der Waals surface area contributed by atoms with Crippen molar-refractivity contribution in [2.45, 2.75) is 105 Å². The lowest BCUT2D eigenvalue weighted by Gasteiger charge is -2.29. The maximum absolute atomic E-state index is 14.9. The normalized spacial score (nSPS) is 16.8. The van der Waals surface area contributed by atoms with Crippen LogP contribution < -0.4 is 10.6 Å². The molecule has 1 saturated carbocycles. The van der Waals surface area contributed by atoms with Gasteiger partial charge in [-0.2, -0.15) is 0 Å². The summed E-state index contributed by atoms with van der Waals surface area (Å²) in [6.45, 7) is 18.3. The molecule has 1 aliphatic rings. The minimum atomic E-state index is -0.383. The number of urea groups is 1. The highest BCUT2D eigenvalue weighted by atomic mass is 19.1. The van der Waals surface area contributed by atoms with Gasteiger partial charge in [0.1, 0.15) is 11.3 Å². The Balaban J connectivity index is 0.000000512. The van der Waals surface area contributed by atoms with Gasteiger partial charge in [-0.25, -0.2) is 19.2 Å². The number of aryl methyl sites for hydroxylation is 1. The van der Waals surface area contributed by atoms with Gasteiger partial charge in [-0.3, -0.25) is 9.69 Å². The maximum atomic E-state index is 14.9. The lowest BCUT2D eigenvalue weighted by atomic mass is 9.85. The standard InChI is InChI=1S/C26H33FN6O2.C8H19N/c1-15(2)33-14-29-24-21(27)10-18(11-22(24)33)20-12-23(28-13-16(20)3)31-25(34)17-7-6-8-19(9-17)30-26(35)32(4)5;1-6-9(7(2)3)8(4)5/h10-15,17,19H,6-9H2,1-5H3,(H,30,35)(H,28,31,34);7-8H,6H2,1-5H3/t17-,19+;/m0./s1. The number of rotatable bonds is 8. The third-order valence-corrected chi connectivity index (χ3v) is 8.32. The quantitative estimate of drug-likeness (QED) is 0.286. The Morgan fingerprint density at radius 1 is 1.05 bits per heavy atom. The molecule has 9 nitrogen and oxygen atoms in total. The summed E-state index contributed by atoms with van der Waals surface area (Å²) in [4.78, 5) is 37.6. The van der Waals surface area contributed by atoms with E-state index in [2.05, 4.69) is 60.1 Å². The minimum Gasteiger partial charge on any atom is -0.335 e. The lowest BCUT2D eigenvalue weighted by molar-refractivity contribution is -0.121. The zero-order chi connectivity index (χ0) is 32.7. The molecule has 242 valence electrons. The first kappa shape index (κ1) is 35.0. The molecule has 0 spiro atoms. The topological polar surface area (TPSA) is 95.4 Å². The van der Waals surface area contributed by atoms with Gasteiger partial charge in [-0.15, -0.1) is 0 Å². The average molecular weight is 610 g/mol. The summed E-state index contributed by atoms with van der Waals surface area (Å²) >= 11 is 0. The van der Waals surface area contributed by atoms with Crippen LogP contribution in [0.25, 0.3) is 22.2 Å². The number of fused-ring (bicyclic) bond motifs is 1. The predicted molar refractivity (Wildman–Crippen MR) is 177 cm³/mol. The molecule has 1 fully saturated rings. The van der Waals surface area contributed by atoms with Crippen molar-refractivity contribution in [1.29, 1.82) is 0 Å². The van der Waals surface area contributed by atoms with Gasteiger partial charge in [0, 0.05) is 50.4 Å². The highest BCUT2D eigenvalue weighted by Crippen LogP contribution is 2.32. The van der Waals surface area contributed by atoms with Crippen LogP contribution in [0, 0.1) is 18.7 Å². The first-order valence-electron chi connectivity index (χ1n) is 15.9. The number of hydrogen-bond acceptors (Lipinski definition) is 5. The molecule has 0 saturated heterocycles. The lowest BCUT2D eigenvalue weighted by Crippen LogP contribution is -2.45. The largest absolute Gasteiger partial charge is 0.335 e. The summed E-state index contributed by atoms with van der Waals surface area (Å²) in [5.41, 5.74) is 3.45. The van der Waals surface area contributed by atoms with E-state index in [1.807, 2.05) is 31.4 Å². The van der Waals surface area contributed by atoms with Crippen LogP contribution in [0.5, 0.6) is 0 Å². The second-order valence-electron chi connectivity index (χ2n) is 12.9. The Morgan fingerprint density at radius 3 is 2.30 bits per heavy atom. The van der Waals surface area contributed by atoms with Gasteiger partial charge in [-0.1, -0.05) is 13.3 Å². The summed E-state index contributed by atoms with van der Waals surface area (Å²) in [6, 6.07) is 6.54. The molecule has 2 atom stereocenters. The van der Waals surface area contributed by atoms with Crippen molar-refractivity contribution < 1.29 is 14.0 Å². The number of nitrogens with zero attached hydrogens (tertiary/aromatic N) is 5. The van der Waals surface area contributed by atoms with Crippen molar-refractivity contribution in [2.75, 3.05) is 26.0 Å². The van der Waals surface area contributed by atoms with Crippen LogP contribution in [0.1, 0.15) is 85.8 Å². The van der Waals surface area contributed by atoms with Gasteiger partial charge < -0.3 is 20.1 Å². The van der Waals surface area contributed by atoms with Crippen LogP contribution >= 0.6 is 0 Å². The summed E-state index contributed by atoms with van der Waals surface area (Å²) in [5.74, 6) is -0.285. The number of nitrogens with one attached hydrogen (secondary N) is 2. The fourth-order valence-corrected chi connectivity index (χ4v) is 5.98. The first-order chi connectivity index (χ1) is 20.7. The Morgan fingerprint density at radius 2 is 1.73 bits per heavy atom. The molecule has 4 rings (SSSR count). The van der Waals surface area contributed by atoms with Crippen molar-refractivity contribution in [2.24, 2.45) is 5.92 Å².